The smallest absolute Gasteiger partial charge is 0.351 e. The van der Waals surface area contributed by atoms with Crippen molar-refractivity contribution in [2.45, 2.75) is 49.4 Å². The number of alkyl halides is 5. The first-order chi connectivity index (χ1) is 68.7. The van der Waals surface area contributed by atoms with Crippen LogP contribution in [0.5, 0.6) is 34.5 Å². The molecule has 8 aromatic heterocycles. The molecule has 0 spiro atoms. The van der Waals surface area contributed by atoms with Crippen LogP contribution in [0.2, 0.25) is 20.1 Å². The van der Waals surface area contributed by atoms with Crippen molar-refractivity contribution in [3.05, 3.63) is 439 Å². The van der Waals surface area contributed by atoms with Gasteiger partial charge in [-0.1, -0.05) is 114 Å². The molecular weight excluding hydrogens is 2120 g/mol. The molecule has 0 atom stereocenters. The first-order valence-corrected chi connectivity index (χ1v) is 46.3. The molecule has 8 heterocycles. The zero-order valence-corrected chi connectivity index (χ0v) is 81.4. The van der Waals surface area contributed by atoms with E-state index in [-0.39, 0.29) is 103 Å². The average molecular weight is 2180 g/mol. The molecule has 0 radical (unpaired) electrons. The lowest BCUT2D eigenvalue weighted by molar-refractivity contribution is -0.144. The second kappa shape index (κ2) is 49.4. The average Bonchev–Trinajstić information content (AvgIpc) is 0.790. The Balaban J connectivity index is 0.000000144. The predicted molar refractivity (Wildman–Crippen MR) is 534 cm³/mol. The number of carbonyl (C=O) groups excluding carboxylic acids is 7. The van der Waals surface area contributed by atoms with Crippen LogP contribution in [-0.2, 0) is 45.5 Å². The molecule has 18 rings (SSSR count). The van der Waals surface area contributed by atoms with E-state index in [2.05, 4.69) is 25.9 Å². The third kappa shape index (κ3) is 28.5. The highest BCUT2D eigenvalue weighted by Crippen LogP contribution is 2.33. The number of hydrogen-bond acceptors (Lipinski definition) is 28. The van der Waals surface area contributed by atoms with E-state index < -0.39 is 81.2 Å². The summed E-state index contributed by atoms with van der Waals surface area (Å²) in [6.07, 6.45) is 5.68. The van der Waals surface area contributed by atoms with Crippen LogP contribution in [0.1, 0.15) is 109 Å². The number of fused-ring (bicyclic) bond motifs is 6. The van der Waals surface area contributed by atoms with Crippen LogP contribution in [0.4, 0.5) is 8.78 Å². The molecule has 143 heavy (non-hydrogen) atoms. The number of rotatable bonds is 20. The molecule has 0 N–H and O–H groups in total. The zero-order chi connectivity index (χ0) is 102. The molecule has 0 saturated heterocycles. The van der Waals surface area contributed by atoms with E-state index in [1.165, 1.54) is 116 Å². The lowest BCUT2D eigenvalue weighted by atomic mass is 10.1. The quantitative estimate of drug-likeness (QED) is 0.0296. The Morgan fingerprint density at radius 3 is 0.958 bits per heavy atom. The van der Waals surface area contributed by atoms with Crippen molar-refractivity contribution in [1.82, 2.24) is 9.97 Å². The van der Waals surface area contributed by atoms with Gasteiger partial charge < -0.3 is 59.7 Å². The van der Waals surface area contributed by atoms with Gasteiger partial charge >= 0.3 is 75.5 Å². The Bertz CT molecular complexity index is 8030. The predicted octanol–water partition coefficient (Wildman–Crippen LogP) is 24.7. The molecule has 0 unspecified atom stereocenters. The fourth-order valence-corrected chi connectivity index (χ4v) is 14.5. The SMILES string of the molecule is CCC(=O)OCc1ccc2oc(=O)c(C(=O)Oc3cncc(Cl)c3)cc2c1.O=C(Oc1cc(Cl)ccc1Cl)c1cc2cc(CCl)ccc2oc1=O.O=C(Oc1cc(F)ccc1Br)c1cc2cc(CCl)ccc2oc1=O.O=C(Oc1cccc(F)c1)c1cc2cc(CCl)ccc2oc1=O.O=C(Oc1ccccc1)c1cc2cc(CCl)ccc2oc1=O.O=C(Oc1cncc(Cl)c1)c1cc2cc(CCl)ccc2oc1=O. The lowest BCUT2D eigenvalue weighted by Crippen LogP contribution is -2.19. The van der Waals surface area contributed by atoms with E-state index in [1.807, 2.05) is 0 Å². The first kappa shape index (κ1) is 105. The van der Waals surface area contributed by atoms with Gasteiger partial charge in [-0.2, -0.15) is 0 Å². The van der Waals surface area contributed by atoms with Crippen LogP contribution < -0.4 is 62.2 Å². The molecule has 0 saturated carbocycles. The summed E-state index contributed by atoms with van der Waals surface area (Å²) in [5, 5.41) is 4.50. The van der Waals surface area contributed by atoms with Crippen molar-refractivity contribution in [2.24, 2.45) is 0 Å². The van der Waals surface area contributed by atoms with Gasteiger partial charge in [-0.05, 0) is 207 Å². The van der Waals surface area contributed by atoms with Crippen LogP contribution in [0.15, 0.2) is 333 Å². The summed E-state index contributed by atoms with van der Waals surface area (Å²) >= 11 is 55.4. The van der Waals surface area contributed by atoms with E-state index >= 15 is 0 Å². The van der Waals surface area contributed by atoms with Gasteiger partial charge in [0.25, 0.3) is 0 Å². The lowest BCUT2D eigenvalue weighted by Gasteiger charge is -2.07. The van der Waals surface area contributed by atoms with E-state index in [1.54, 1.807) is 153 Å². The molecule has 40 heteroatoms. The Morgan fingerprint density at radius 1 is 0.301 bits per heavy atom. The molecule has 10 aromatic carbocycles. The van der Waals surface area contributed by atoms with Gasteiger partial charge in [-0.25, -0.2) is 66.3 Å². The number of hydrogen-bond donors (Lipinski definition) is 0. The Labute approximate surface area is 856 Å². The standard InChI is InChI=1S/C19H14ClNO6.C17H9BrClFO4.C17H9Cl3O4.C17H10ClFO4.C17H11ClO4.C16H9Cl2NO4/c1-2-17(22)25-10-11-3-4-16-12(5-11)6-15(19(24)27-16)18(23)26-14-7-13(20)8-21-9-14;18-13-3-2-11(20)7-15(13)24-17(22)12-6-10-5-9(8-19)1-4-14(10)23-16(12)21;18-8-9-1-4-14-10(5-9)6-12(16(21)23-14)17(22)24-15-7-11(19)2-3-13(15)20;18-9-10-4-5-15-11(6-10)7-14(17(21)23-15)16(20)22-13-3-1-2-12(19)8-13;18-10-11-6-7-15-12(8-11)9-14(17(20)22-15)16(19)21-13-4-2-1-3-5-13;17-6-9-1-2-14-10(3-9)4-13(16(21)23-14)15(20)22-12-5-11(18)7-19-8-12/h3-9H,2,10H2,1H3;2*1-7H,8H2;1-8H,9H2;1-9H,10H2;1-5,7-8H,6H2. The summed E-state index contributed by atoms with van der Waals surface area (Å²) in [6, 6.07) is 63.3. The van der Waals surface area contributed by atoms with Gasteiger partial charge in [0.15, 0.2) is 17.2 Å². The topological polar surface area (TPSA) is 391 Å². The summed E-state index contributed by atoms with van der Waals surface area (Å²) in [5.74, 6) is -4.53. The number of benzene rings is 10. The minimum absolute atomic E-state index is 0.00371. The summed E-state index contributed by atoms with van der Waals surface area (Å²) in [5.41, 5.74) is 0.699. The maximum absolute atomic E-state index is 13.3. The van der Waals surface area contributed by atoms with Crippen LogP contribution >= 0.6 is 120 Å². The van der Waals surface area contributed by atoms with Gasteiger partial charge in [-0.3, -0.25) is 14.8 Å². The second-order valence-electron chi connectivity index (χ2n) is 29.5. The molecule has 0 fully saturated rings. The number of carbonyl (C=O) groups is 7. The number of para-hydroxylation sites is 1. The van der Waals surface area contributed by atoms with Crippen LogP contribution in [-0.4, -0.2) is 51.8 Å². The zero-order valence-electron chi connectivity index (χ0n) is 73.0. The van der Waals surface area contributed by atoms with Crippen LogP contribution in [0.25, 0.3) is 65.8 Å². The van der Waals surface area contributed by atoms with Gasteiger partial charge in [-0.15, -0.1) is 58.0 Å². The van der Waals surface area contributed by atoms with Crippen molar-refractivity contribution >= 4 is 228 Å². The van der Waals surface area contributed by atoms with Gasteiger partial charge in [0.1, 0.15) is 102 Å². The fraction of sp³-hybridized carbons (Fsp3) is 0.0777. The van der Waals surface area contributed by atoms with Gasteiger partial charge in [0, 0.05) is 116 Å². The van der Waals surface area contributed by atoms with Crippen LogP contribution in [0, 0.1) is 11.6 Å². The van der Waals surface area contributed by atoms with Crippen molar-refractivity contribution in [2.75, 3.05) is 0 Å². The number of pyridine rings is 2. The summed E-state index contributed by atoms with van der Waals surface area (Å²) < 4.78 is 93.3. The van der Waals surface area contributed by atoms with E-state index in [9.17, 15) is 71.1 Å². The number of aromatic nitrogens is 2. The highest BCUT2D eigenvalue weighted by atomic mass is 79.9. The maximum Gasteiger partial charge on any atom is 0.351 e. The molecule has 724 valence electrons. The highest BCUT2D eigenvalue weighted by molar-refractivity contribution is 9.10. The van der Waals surface area contributed by atoms with Gasteiger partial charge in [0.2, 0.25) is 0 Å². The van der Waals surface area contributed by atoms with Gasteiger partial charge in [0.05, 0.1) is 31.9 Å². The maximum atomic E-state index is 13.3. The minimum atomic E-state index is -0.937. The number of halogens is 12. The molecule has 18 aromatic rings. The molecular formula is C103H62BrCl9F2N2O26. The molecule has 28 nitrogen and oxygen atoms in total. The fourth-order valence-electron chi connectivity index (χ4n) is 12.6. The second-order valence-corrected chi connectivity index (χ2v) is 33.4. The Hall–Kier alpha value is -15.0. The monoisotopic (exact) mass is 2170 g/mol. The summed E-state index contributed by atoms with van der Waals surface area (Å²) in [6.45, 7) is 1.78. The minimum Gasteiger partial charge on any atom is -0.461 e. The van der Waals surface area contributed by atoms with Crippen molar-refractivity contribution in [3.63, 3.8) is 0 Å². The normalized spacial score (nSPS) is 10.7. The van der Waals surface area contributed by atoms with E-state index in [0.717, 1.165) is 39.9 Å². The van der Waals surface area contributed by atoms with Crippen LogP contribution in [0.3, 0.4) is 0 Å². The molecule has 0 amide bonds. The molecule has 0 aliphatic rings. The number of esters is 7. The molecule has 0 aliphatic carbocycles. The third-order valence-electron chi connectivity index (χ3n) is 19.5. The van der Waals surface area contributed by atoms with Crippen molar-refractivity contribution in [1.29, 1.82) is 0 Å². The molecule has 0 aliphatic heterocycles. The van der Waals surface area contributed by atoms with Crippen molar-refractivity contribution in [3.8, 4) is 34.5 Å². The number of nitrogens with zero attached hydrogens (tertiary/aromatic N) is 2. The largest absolute Gasteiger partial charge is 0.461 e. The van der Waals surface area contributed by atoms with E-state index in [4.69, 9.17) is 164 Å². The van der Waals surface area contributed by atoms with Crippen molar-refractivity contribution < 1.29 is 102 Å². The highest BCUT2D eigenvalue weighted by Gasteiger charge is 2.25. The Kier molecular flexibility index (Phi) is 36.4. The molecule has 0 bridgehead atoms. The Morgan fingerprint density at radius 2 is 0.615 bits per heavy atom. The summed E-state index contributed by atoms with van der Waals surface area (Å²) in [7, 11) is 0. The first-order valence-electron chi connectivity index (χ1n) is 41.3. The summed E-state index contributed by atoms with van der Waals surface area (Å²) in [4.78, 5) is 164. The number of ether oxygens (including phenoxy) is 7. The third-order valence-corrected chi connectivity index (χ3v) is 22.7. The van der Waals surface area contributed by atoms with E-state index in [0.29, 0.717) is 109 Å².